The molecule has 0 radical (unpaired) electrons. The Morgan fingerprint density at radius 3 is 2.42 bits per heavy atom. The van der Waals surface area contributed by atoms with Crippen LogP contribution in [0.15, 0.2) is 42.5 Å². The topological polar surface area (TPSA) is 84.3 Å². The van der Waals surface area contributed by atoms with E-state index in [1.54, 1.807) is 6.07 Å². The predicted molar refractivity (Wildman–Crippen MR) is 105 cm³/mol. The third-order valence-corrected chi connectivity index (χ3v) is 4.10. The van der Waals surface area contributed by atoms with Gasteiger partial charge in [0.15, 0.2) is 0 Å². The van der Waals surface area contributed by atoms with Crippen LogP contribution in [-0.2, 0) is 6.42 Å². The number of nitrogens with zero attached hydrogens (tertiary/aromatic N) is 1. The maximum absolute atomic E-state index is 12.4. The first-order chi connectivity index (χ1) is 12.5. The molecule has 0 spiro atoms. The number of rotatable bonds is 9. The number of amides is 1. The first-order valence-electron chi connectivity index (χ1n) is 8.97. The molecule has 0 fully saturated rings. The summed E-state index contributed by atoms with van der Waals surface area (Å²) in [5.74, 6) is -0.235. The number of hydrogen-bond acceptors (Lipinski definition) is 4. The number of anilines is 2. The van der Waals surface area contributed by atoms with E-state index in [0.29, 0.717) is 23.5 Å². The Balaban J connectivity index is 2.07. The van der Waals surface area contributed by atoms with E-state index in [4.69, 9.17) is 0 Å². The molecule has 0 aliphatic carbocycles. The summed E-state index contributed by atoms with van der Waals surface area (Å²) in [5.41, 5.74) is 2.68. The normalized spacial score (nSPS) is 10.4. The van der Waals surface area contributed by atoms with Crippen molar-refractivity contribution in [2.24, 2.45) is 0 Å². The fraction of sp³-hybridized carbons (Fsp3) is 0.350. The highest BCUT2D eigenvalue weighted by Crippen LogP contribution is 2.27. The Kier molecular flexibility index (Phi) is 7.14. The lowest BCUT2D eigenvalue weighted by Gasteiger charge is -2.09. The molecule has 2 N–H and O–H groups in total. The van der Waals surface area contributed by atoms with Gasteiger partial charge in [-0.15, -0.1) is 0 Å². The fourth-order valence-electron chi connectivity index (χ4n) is 2.71. The molecular weight excluding hydrogens is 330 g/mol. The Hall–Kier alpha value is -2.89. The van der Waals surface area contributed by atoms with Crippen LogP contribution in [0, 0.1) is 10.1 Å². The molecule has 0 aromatic heterocycles. The maximum atomic E-state index is 12.4. The Labute approximate surface area is 153 Å². The average Bonchev–Trinajstić information content (AvgIpc) is 2.63. The maximum Gasteiger partial charge on any atom is 0.292 e. The van der Waals surface area contributed by atoms with Crippen molar-refractivity contribution in [2.45, 2.75) is 39.5 Å². The molecule has 0 unspecified atom stereocenters. The molecule has 2 aromatic carbocycles. The summed E-state index contributed by atoms with van der Waals surface area (Å²) in [4.78, 5) is 23.0. The summed E-state index contributed by atoms with van der Waals surface area (Å²) in [6, 6.07) is 12.1. The smallest absolute Gasteiger partial charge is 0.292 e. The van der Waals surface area contributed by atoms with Gasteiger partial charge >= 0.3 is 0 Å². The molecule has 0 saturated carbocycles. The van der Waals surface area contributed by atoms with Gasteiger partial charge in [0.05, 0.1) is 4.92 Å². The molecule has 0 bridgehead atoms. The van der Waals surface area contributed by atoms with Gasteiger partial charge in [0.2, 0.25) is 0 Å². The molecule has 6 nitrogen and oxygen atoms in total. The second-order valence-corrected chi connectivity index (χ2v) is 6.13. The minimum atomic E-state index is -0.444. The molecule has 2 aromatic rings. The number of nitro benzene ring substituents is 1. The van der Waals surface area contributed by atoms with Crippen molar-refractivity contribution in [1.29, 1.82) is 0 Å². The second kappa shape index (κ2) is 9.56. The third kappa shape index (κ3) is 5.31. The standard InChI is InChI=1S/C20H25N3O3/c1-3-5-6-7-15-8-10-16(11-9-15)20(24)22-17-12-13-19(23(25)26)18(14-17)21-4-2/h8-14,21H,3-7H2,1-2H3,(H,22,24). The van der Waals surface area contributed by atoms with Gasteiger partial charge in [0.1, 0.15) is 5.69 Å². The van der Waals surface area contributed by atoms with Crippen LogP contribution in [0.1, 0.15) is 49.0 Å². The van der Waals surface area contributed by atoms with E-state index >= 15 is 0 Å². The van der Waals surface area contributed by atoms with Crippen LogP contribution in [-0.4, -0.2) is 17.4 Å². The number of nitro groups is 1. The predicted octanol–water partition coefficient (Wildman–Crippen LogP) is 5.01. The number of aryl methyl sites for hydroxylation is 1. The number of benzene rings is 2. The van der Waals surface area contributed by atoms with Gasteiger partial charge in [-0.3, -0.25) is 14.9 Å². The van der Waals surface area contributed by atoms with Crippen molar-refractivity contribution in [3.05, 3.63) is 63.7 Å². The zero-order chi connectivity index (χ0) is 18.9. The monoisotopic (exact) mass is 355 g/mol. The van der Waals surface area contributed by atoms with Crippen LogP contribution in [0.25, 0.3) is 0 Å². The summed E-state index contributed by atoms with van der Waals surface area (Å²) >= 11 is 0. The molecule has 26 heavy (non-hydrogen) atoms. The van der Waals surface area contributed by atoms with Crippen LogP contribution in [0.4, 0.5) is 17.1 Å². The molecule has 6 heteroatoms. The minimum Gasteiger partial charge on any atom is -0.380 e. The molecule has 0 aliphatic heterocycles. The molecular formula is C20H25N3O3. The second-order valence-electron chi connectivity index (χ2n) is 6.13. The quantitative estimate of drug-likeness (QED) is 0.376. The van der Waals surface area contributed by atoms with Crippen molar-refractivity contribution >= 4 is 23.0 Å². The number of carbonyl (C=O) groups excluding carboxylic acids is 1. The Bertz CT molecular complexity index is 757. The number of carbonyl (C=O) groups is 1. The van der Waals surface area contributed by atoms with Gasteiger partial charge in [-0.25, -0.2) is 0 Å². The van der Waals surface area contributed by atoms with Gasteiger partial charge in [0, 0.05) is 23.9 Å². The fourth-order valence-corrected chi connectivity index (χ4v) is 2.71. The molecule has 0 saturated heterocycles. The number of unbranched alkanes of at least 4 members (excludes halogenated alkanes) is 2. The van der Waals surface area contributed by atoms with E-state index in [-0.39, 0.29) is 11.6 Å². The van der Waals surface area contributed by atoms with Crippen molar-refractivity contribution in [1.82, 2.24) is 0 Å². The van der Waals surface area contributed by atoms with Gasteiger partial charge in [0.25, 0.3) is 11.6 Å². The third-order valence-electron chi connectivity index (χ3n) is 4.10. The van der Waals surface area contributed by atoms with E-state index < -0.39 is 4.92 Å². The van der Waals surface area contributed by atoms with Gasteiger partial charge < -0.3 is 10.6 Å². The van der Waals surface area contributed by atoms with Crippen LogP contribution < -0.4 is 10.6 Å². The van der Waals surface area contributed by atoms with Crippen molar-refractivity contribution in [3.63, 3.8) is 0 Å². The van der Waals surface area contributed by atoms with E-state index in [2.05, 4.69) is 17.6 Å². The zero-order valence-electron chi connectivity index (χ0n) is 15.2. The van der Waals surface area contributed by atoms with E-state index in [0.717, 1.165) is 12.8 Å². The lowest BCUT2D eigenvalue weighted by Crippen LogP contribution is -2.12. The molecule has 0 atom stereocenters. The first-order valence-corrected chi connectivity index (χ1v) is 8.97. The average molecular weight is 355 g/mol. The summed E-state index contributed by atoms with van der Waals surface area (Å²) in [7, 11) is 0. The van der Waals surface area contributed by atoms with Gasteiger partial charge in [-0.05, 0) is 49.6 Å². The van der Waals surface area contributed by atoms with E-state index in [9.17, 15) is 14.9 Å². The van der Waals surface area contributed by atoms with Gasteiger partial charge in [-0.1, -0.05) is 31.9 Å². The van der Waals surface area contributed by atoms with Crippen LogP contribution in [0.2, 0.25) is 0 Å². The summed E-state index contributed by atoms with van der Waals surface area (Å²) in [6.45, 7) is 4.59. The highest BCUT2D eigenvalue weighted by atomic mass is 16.6. The molecule has 0 heterocycles. The number of hydrogen-bond donors (Lipinski definition) is 2. The van der Waals surface area contributed by atoms with E-state index in [1.807, 2.05) is 31.2 Å². The van der Waals surface area contributed by atoms with Crippen molar-refractivity contribution in [3.8, 4) is 0 Å². The lowest BCUT2D eigenvalue weighted by molar-refractivity contribution is -0.383. The minimum absolute atomic E-state index is 0.0127. The lowest BCUT2D eigenvalue weighted by atomic mass is 10.1. The van der Waals surface area contributed by atoms with Crippen molar-refractivity contribution < 1.29 is 9.72 Å². The summed E-state index contributed by atoms with van der Waals surface area (Å²) in [5, 5.41) is 16.8. The molecule has 0 aliphatic rings. The SMILES string of the molecule is CCCCCc1ccc(C(=O)Nc2ccc([N+](=O)[O-])c(NCC)c2)cc1. The zero-order valence-corrected chi connectivity index (χ0v) is 15.2. The summed E-state index contributed by atoms with van der Waals surface area (Å²) < 4.78 is 0. The largest absolute Gasteiger partial charge is 0.380 e. The van der Waals surface area contributed by atoms with Gasteiger partial charge in [-0.2, -0.15) is 0 Å². The summed E-state index contributed by atoms with van der Waals surface area (Å²) in [6.07, 6.45) is 4.56. The molecule has 138 valence electrons. The highest BCUT2D eigenvalue weighted by Gasteiger charge is 2.15. The Morgan fingerprint density at radius 2 is 1.81 bits per heavy atom. The van der Waals surface area contributed by atoms with E-state index in [1.165, 1.54) is 30.5 Å². The van der Waals surface area contributed by atoms with Crippen LogP contribution >= 0.6 is 0 Å². The highest BCUT2D eigenvalue weighted by molar-refractivity contribution is 6.04. The van der Waals surface area contributed by atoms with Crippen LogP contribution in [0.3, 0.4) is 0 Å². The molecule has 2 rings (SSSR count). The first kappa shape index (κ1) is 19.4. The van der Waals surface area contributed by atoms with Crippen LogP contribution in [0.5, 0.6) is 0 Å². The number of nitrogens with one attached hydrogen (secondary N) is 2. The molecule has 1 amide bonds. The Morgan fingerprint density at radius 1 is 1.08 bits per heavy atom. The van der Waals surface area contributed by atoms with Crippen molar-refractivity contribution in [2.75, 3.05) is 17.2 Å².